The molecule has 1 saturated carbocycles. The van der Waals surface area contributed by atoms with Crippen LogP contribution in [0.2, 0.25) is 0 Å². The highest BCUT2D eigenvalue weighted by atomic mass is 19.4. The molecule has 8 heteroatoms. The van der Waals surface area contributed by atoms with E-state index in [0.717, 1.165) is 31.5 Å². The lowest BCUT2D eigenvalue weighted by molar-refractivity contribution is -0.137. The predicted octanol–water partition coefficient (Wildman–Crippen LogP) is 2.15. The number of rotatable bonds is 6. The lowest BCUT2D eigenvalue weighted by Gasteiger charge is -2.10. The van der Waals surface area contributed by atoms with Gasteiger partial charge >= 0.3 is 6.18 Å². The molecule has 2 rings (SSSR count). The second-order valence-corrected chi connectivity index (χ2v) is 5.51. The monoisotopic (exact) mass is 342 g/mol. The number of carbonyl (C=O) groups is 1. The molecule has 0 radical (unpaired) electrons. The largest absolute Gasteiger partial charge is 0.416 e. The average Bonchev–Trinajstić information content (AvgIpc) is 3.34. The summed E-state index contributed by atoms with van der Waals surface area (Å²) in [5.74, 6) is 0.294. The Morgan fingerprint density at radius 3 is 2.42 bits per heavy atom. The third kappa shape index (κ3) is 5.75. The summed E-state index contributed by atoms with van der Waals surface area (Å²) < 4.78 is 37.4. The van der Waals surface area contributed by atoms with Crippen molar-refractivity contribution < 1.29 is 18.0 Å². The maximum Gasteiger partial charge on any atom is 0.416 e. The van der Waals surface area contributed by atoms with Crippen LogP contribution in [-0.2, 0) is 6.18 Å². The van der Waals surface area contributed by atoms with Gasteiger partial charge in [0.05, 0.1) is 12.1 Å². The van der Waals surface area contributed by atoms with Crippen molar-refractivity contribution in [3.63, 3.8) is 0 Å². The molecule has 0 aliphatic heterocycles. The molecule has 1 aromatic carbocycles. The third-order valence-electron chi connectivity index (χ3n) is 3.40. The fourth-order valence-electron chi connectivity index (χ4n) is 1.99. The molecule has 0 spiro atoms. The van der Waals surface area contributed by atoms with Gasteiger partial charge in [0.1, 0.15) is 0 Å². The van der Waals surface area contributed by atoms with E-state index in [9.17, 15) is 18.0 Å². The molecule has 132 valence electrons. The van der Waals surface area contributed by atoms with Crippen molar-refractivity contribution in [3.8, 4) is 0 Å². The van der Waals surface area contributed by atoms with E-state index >= 15 is 0 Å². The third-order valence-corrected chi connectivity index (χ3v) is 3.40. The second-order valence-electron chi connectivity index (χ2n) is 5.51. The van der Waals surface area contributed by atoms with Gasteiger partial charge in [0.2, 0.25) is 0 Å². The Balaban J connectivity index is 1.79. The van der Waals surface area contributed by atoms with E-state index in [-0.39, 0.29) is 5.56 Å². The standard InChI is InChI=1S/C16H21F3N4O/c1-2-20-15(23-13-7-8-13)22-10-9-21-14(24)11-3-5-12(6-4-11)16(17,18)19/h3-6,13H,2,7-10H2,1H3,(H,21,24)(H2,20,22,23). The Hall–Kier alpha value is -2.25. The highest BCUT2D eigenvalue weighted by Crippen LogP contribution is 2.29. The number of aliphatic imine (C=N–C) groups is 1. The molecule has 0 bridgehead atoms. The molecule has 1 aliphatic carbocycles. The summed E-state index contributed by atoms with van der Waals surface area (Å²) in [6.45, 7) is 3.41. The summed E-state index contributed by atoms with van der Waals surface area (Å²) in [7, 11) is 0. The maximum absolute atomic E-state index is 12.5. The van der Waals surface area contributed by atoms with Crippen LogP contribution in [0.25, 0.3) is 0 Å². The lowest BCUT2D eigenvalue weighted by Crippen LogP contribution is -2.39. The summed E-state index contributed by atoms with van der Waals surface area (Å²) >= 11 is 0. The first kappa shape index (κ1) is 18.1. The van der Waals surface area contributed by atoms with Gasteiger partial charge in [0, 0.05) is 24.7 Å². The minimum atomic E-state index is -4.40. The SMILES string of the molecule is CCNC(=NCCNC(=O)c1ccc(C(F)(F)F)cc1)NC1CC1. The minimum absolute atomic E-state index is 0.190. The van der Waals surface area contributed by atoms with Crippen LogP contribution < -0.4 is 16.0 Å². The highest BCUT2D eigenvalue weighted by molar-refractivity contribution is 5.94. The van der Waals surface area contributed by atoms with Crippen LogP contribution >= 0.6 is 0 Å². The lowest BCUT2D eigenvalue weighted by atomic mass is 10.1. The molecule has 3 N–H and O–H groups in total. The predicted molar refractivity (Wildman–Crippen MR) is 85.9 cm³/mol. The number of nitrogens with zero attached hydrogens (tertiary/aromatic N) is 1. The van der Waals surface area contributed by atoms with Crippen molar-refractivity contribution in [2.45, 2.75) is 32.0 Å². The van der Waals surface area contributed by atoms with Crippen LogP contribution in [0.15, 0.2) is 29.3 Å². The normalized spacial score (nSPS) is 15.1. The summed E-state index contributed by atoms with van der Waals surface area (Å²) in [6.07, 6.45) is -2.13. The average molecular weight is 342 g/mol. The van der Waals surface area contributed by atoms with Gasteiger partial charge in [0.25, 0.3) is 5.91 Å². The first-order valence-electron chi connectivity index (χ1n) is 7.90. The molecule has 24 heavy (non-hydrogen) atoms. The Labute approximate surface area is 138 Å². The zero-order valence-corrected chi connectivity index (χ0v) is 13.4. The van der Waals surface area contributed by atoms with Gasteiger partial charge in [0.15, 0.2) is 5.96 Å². The van der Waals surface area contributed by atoms with Gasteiger partial charge in [-0.1, -0.05) is 0 Å². The molecule has 1 aromatic rings. The molecule has 0 unspecified atom stereocenters. The Kier molecular flexibility index (Phi) is 6.05. The summed E-state index contributed by atoms with van der Waals surface area (Å²) in [5, 5.41) is 9.01. The van der Waals surface area contributed by atoms with Gasteiger partial charge in [-0.05, 0) is 44.0 Å². The molecule has 0 saturated heterocycles. The van der Waals surface area contributed by atoms with Gasteiger partial charge in [-0.2, -0.15) is 13.2 Å². The van der Waals surface area contributed by atoms with Gasteiger partial charge in [-0.15, -0.1) is 0 Å². The number of alkyl halides is 3. The number of amides is 1. The zero-order chi connectivity index (χ0) is 17.6. The molecule has 1 amide bonds. The van der Waals surface area contributed by atoms with Crippen LogP contribution in [0.3, 0.4) is 0 Å². The molecular weight excluding hydrogens is 321 g/mol. The number of nitrogens with one attached hydrogen (secondary N) is 3. The number of hydrogen-bond acceptors (Lipinski definition) is 2. The molecule has 0 heterocycles. The van der Waals surface area contributed by atoms with Gasteiger partial charge < -0.3 is 16.0 Å². The first-order chi connectivity index (χ1) is 11.4. The highest BCUT2D eigenvalue weighted by Gasteiger charge is 2.30. The van der Waals surface area contributed by atoms with E-state index in [2.05, 4.69) is 20.9 Å². The molecular formula is C16H21F3N4O. The molecule has 0 aromatic heterocycles. The first-order valence-corrected chi connectivity index (χ1v) is 7.90. The molecule has 1 fully saturated rings. The Morgan fingerprint density at radius 1 is 1.21 bits per heavy atom. The number of hydrogen-bond donors (Lipinski definition) is 3. The second kappa shape index (κ2) is 8.03. The van der Waals surface area contributed by atoms with E-state index in [1.165, 1.54) is 12.1 Å². The van der Waals surface area contributed by atoms with E-state index in [4.69, 9.17) is 0 Å². The number of halogens is 3. The van der Waals surface area contributed by atoms with Crippen LogP contribution in [-0.4, -0.2) is 37.5 Å². The van der Waals surface area contributed by atoms with Crippen molar-refractivity contribution >= 4 is 11.9 Å². The Morgan fingerprint density at radius 2 is 1.88 bits per heavy atom. The fourth-order valence-corrected chi connectivity index (χ4v) is 1.99. The van der Waals surface area contributed by atoms with Crippen LogP contribution in [0.5, 0.6) is 0 Å². The van der Waals surface area contributed by atoms with Crippen molar-refractivity contribution in [2.24, 2.45) is 4.99 Å². The van der Waals surface area contributed by atoms with Gasteiger partial charge in [-0.3, -0.25) is 9.79 Å². The number of guanidine groups is 1. The maximum atomic E-state index is 12.5. The topological polar surface area (TPSA) is 65.5 Å². The van der Waals surface area contributed by atoms with Crippen LogP contribution in [0, 0.1) is 0 Å². The zero-order valence-electron chi connectivity index (χ0n) is 13.4. The number of benzene rings is 1. The van der Waals surface area contributed by atoms with Crippen molar-refractivity contribution in [1.82, 2.24) is 16.0 Å². The summed E-state index contributed by atoms with van der Waals surface area (Å²) in [6, 6.07) is 4.61. The molecule has 5 nitrogen and oxygen atoms in total. The minimum Gasteiger partial charge on any atom is -0.357 e. The van der Waals surface area contributed by atoms with Crippen molar-refractivity contribution in [3.05, 3.63) is 35.4 Å². The quantitative estimate of drug-likeness (QED) is 0.422. The van der Waals surface area contributed by atoms with Gasteiger partial charge in [-0.25, -0.2) is 0 Å². The van der Waals surface area contributed by atoms with Crippen molar-refractivity contribution in [1.29, 1.82) is 0 Å². The smallest absolute Gasteiger partial charge is 0.357 e. The molecule has 1 aliphatic rings. The summed E-state index contributed by atoms with van der Waals surface area (Å²) in [4.78, 5) is 16.2. The van der Waals surface area contributed by atoms with Crippen LogP contribution in [0.1, 0.15) is 35.7 Å². The van der Waals surface area contributed by atoms with Crippen LogP contribution in [0.4, 0.5) is 13.2 Å². The van der Waals surface area contributed by atoms with E-state index in [0.29, 0.717) is 25.1 Å². The van der Waals surface area contributed by atoms with Crippen molar-refractivity contribution in [2.75, 3.05) is 19.6 Å². The number of carbonyl (C=O) groups excluding carboxylic acids is 1. The summed E-state index contributed by atoms with van der Waals surface area (Å²) in [5.41, 5.74) is -0.583. The molecule has 0 atom stereocenters. The Bertz CT molecular complexity index is 580. The fraction of sp³-hybridized carbons (Fsp3) is 0.500. The van der Waals surface area contributed by atoms with E-state index in [1.54, 1.807) is 0 Å². The van der Waals surface area contributed by atoms with E-state index < -0.39 is 17.6 Å². The van der Waals surface area contributed by atoms with E-state index in [1.807, 2.05) is 6.92 Å².